The highest BCUT2D eigenvalue weighted by Crippen LogP contribution is 2.08. The monoisotopic (exact) mass is 498 g/mol. The summed E-state index contributed by atoms with van der Waals surface area (Å²) in [5, 5.41) is 15.2. The molecular formula is C22H23IN6. The summed E-state index contributed by atoms with van der Waals surface area (Å²) >= 11 is 0. The van der Waals surface area contributed by atoms with Crippen LogP contribution in [0.1, 0.15) is 17.0 Å². The molecule has 4 aromatic rings. The molecule has 7 heteroatoms. The normalized spacial score (nSPS) is 11.1. The van der Waals surface area contributed by atoms with Gasteiger partial charge in [0.25, 0.3) is 0 Å². The van der Waals surface area contributed by atoms with Gasteiger partial charge in [-0.15, -0.1) is 34.2 Å². The molecule has 0 bridgehead atoms. The second kappa shape index (κ2) is 10.0. The lowest BCUT2D eigenvalue weighted by atomic mass is 10.1. The first-order valence-electron chi connectivity index (χ1n) is 9.22. The Balaban J connectivity index is 0.00000240. The van der Waals surface area contributed by atoms with E-state index in [9.17, 15) is 0 Å². The Morgan fingerprint density at radius 1 is 0.931 bits per heavy atom. The zero-order chi connectivity index (χ0) is 19.2. The van der Waals surface area contributed by atoms with Gasteiger partial charge in [0.15, 0.2) is 17.4 Å². The minimum atomic E-state index is 0. The van der Waals surface area contributed by atoms with Gasteiger partial charge in [-0.3, -0.25) is 4.40 Å². The molecule has 0 amide bonds. The molecular weight excluding hydrogens is 475 g/mol. The molecule has 0 radical (unpaired) electrons. The highest BCUT2D eigenvalue weighted by Gasteiger charge is 2.06. The van der Waals surface area contributed by atoms with E-state index >= 15 is 0 Å². The molecule has 2 heterocycles. The van der Waals surface area contributed by atoms with Crippen LogP contribution in [0.3, 0.4) is 0 Å². The molecule has 0 aliphatic carbocycles. The molecule has 0 saturated carbocycles. The molecule has 148 valence electrons. The number of aryl methyl sites for hydroxylation is 1. The maximum absolute atomic E-state index is 4.74. The van der Waals surface area contributed by atoms with Crippen LogP contribution in [0.25, 0.3) is 5.65 Å². The Hall–Kier alpha value is -2.94. The fourth-order valence-electron chi connectivity index (χ4n) is 2.84. The number of hydrogen-bond donors (Lipinski definition) is 2. The number of nitrogens with one attached hydrogen (secondary N) is 2. The van der Waals surface area contributed by atoms with Crippen molar-refractivity contribution in [2.24, 2.45) is 4.99 Å². The maximum Gasteiger partial charge on any atom is 0.196 e. The second-order valence-electron chi connectivity index (χ2n) is 6.54. The summed E-state index contributed by atoms with van der Waals surface area (Å²) in [4.78, 5) is 4.74. The molecule has 2 aromatic carbocycles. The summed E-state index contributed by atoms with van der Waals surface area (Å²) in [5.74, 6) is 1.52. The molecule has 0 atom stereocenters. The Bertz CT molecular complexity index is 1070. The summed E-state index contributed by atoms with van der Waals surface area (Å²) in [6, 6.07) is 24.3. The van der Waals surface area contributed by atoms with Gasteiger partial charge < -0.3 is 10.6 Å². The Morgan fingerprint density at radius 3 is 2.48 bits per heavy atom. The van der Waals surface area contributed by atoms with E-state index in [1.807, 2.05) is 59.1 Å². The molecule has 2 aromatic heterocycles. The Kier molecular flexibility index (Phi) is 7.18. The number of rotatable bonds is 5. The summed E-state index contributed by atoms with van der Waals surface area (Å²) in [5.41, 5.74) is 4.21. The topological polar surface area (TPSA) is 66.6 Å². The first-order valence-corrected chi connectivity index (χ1v) is 9.22. The smallest absolute Gasteiger partial charge is 0.196 e. The van der Waals surface area contributed by atoms with Crippen molar-refractivity contribution < 1.29 is 0 Å². The summed E-state index contributed by atoms with van der Waals surface area (Å²) in [6.45, 7) is 3.18. The molecule has 29 heavy (non-hydrogen) atoms. The molecule has 2 N–H and O–H groups in total. The fraction of sp³-hybridized carbons (Fsp3) is 0.136. The average molecular weight is 498 g/mol. The maximum atomic E-state index is 4.74. The van der Waals surface area contributed by atoms with Crippen LogP contribution in [0.5, 0.6) is 0 Å². The summed E-state index contributed by atoms with van der Waals surface area (Å²) < 4.78 is 1.97. The first kappa shape index (κ1) is 20.8. The van der Waals surface area contributed by atoms with Crippen molar-refractivity contribution in [2.45, 2.75) is 20.0 Å². The van der Waals surface area contributed by atoms with Gasteiger partial charge in [0.1, 0.15) is 0 Å². The third-order valence-electron chi connectivity index (χ3n) is 4.38. The van der Waals surface area contributed by atoms with Crippen LogP contribution in [0.15, 0.2) is 84.0 Å². The molecule has 0 saturated heterocycles. The predicted molar refractivity (Wildman–Crippen MR) is 128 cm³/mol. The Morgan fingerprint density at radius 2 is 1.69 bits per heavy atom. The van der Waals surface area contributed by atoms with Crippen LogP contribution < -0.4 is 10.6 Å². The highest BCUT2D eigenvalue weighted by atomic mass is 127. The van der Waals surface area contributed by atoms with E-state index in [4.69, 9.17) is 4.99 Å². The molecule has 0 spiro atoms. The van der Waals surface area contributed by atoms with E-state index in [0.717, 1.165) is 22.7 Å². The number of anilines is 1. The van der Waals surface area contributed by atoms with E-state index < -0.39 is 0 Å². The van der Waals surface area contributed by atoms with Crippen molar-refractivity contribution in [3.05, 3.63) is 95.9 Å². The van der Waals surface area contributed by atoms with E-state index in [2.05, 4.69) is 52.0 Å². The van der Waals surface area contributed by atoms with Crippen molar-refractivity contribution in [3.8, 4) is 0 Å². The zero-order valence-electron chi connectivity index (χ0n) is 16.1. The fourth-order valence-corrected chi connectivity index (χ4v) is 2.84. The molecule has 6 nitrogen and oxygen atoms in total. The van der Waals surface area contributed by atoms with Crippen LogP contribution in [-0.4, -0.2) is 20.6 Å². The van der Waals surface area contributed by atoms with Gasteiger partial charge in [-0.2, -0.15) is 0 Å². The number of hydrogen-bond acceptors (Lipinski definition) is 3. The van der Waals surface area contributed by atoms with Gasteiger partial charge in [0.05, 0.1) is 13.1 Å². The number of aliphatic imine (C=N–C) groups is 1. The van der Waals surface area contributed by atoms with Crippen molar-refractivity contribution in [2.75, 3.05) is 5.32 Å². The van der Waals surface area contributed by atoms with Gasteiger partial charge in [0.2, 0.25) is 0 Å². The highest BCUT2D eigenvalue weighted by molar-refractivity contribution is 14.0. The molecule has 0 aliphatic heterocycles. The summed E-state index contributed by atoms with van der Waals surface area (Å²) in [6.07, 6.45) is 1.96. The minimum absolute atomic E-state index is 0. The standard InChI is InChI=1S/C22H22N6.HI/c1-17-10-12-18(13-11-17)15-23-22(25-19-7-3-2-4-8-19)24-16-21-27-26-20-9-5-6-14-28(20)21;/h2-14H,15-16H2,1H3,(H2,23,24,25);1H. The van der Waals surface area contributed by atoms with Crippen LogP contribution in [0.4, 0.5) is 5.69 Å². The van der Waals surface area contributed by atoms with Crippen LogP contribution in [0.2, 0.25) is 0 Å². The SMILES string of the molecule is Cc1ccc(CN=C(NCc2nnc3ccccn23)Nc2ccccc2)cc1.I. The molecule has 4 rings (SSSR count). The van der Waals surface area contributed by atoms with Crippen molar-refractivity contribution in [1.29, 1.82) is 0 Å². The number of aromatic nitrogens is 3. The van der Waals surface area contributed by atoms with Crippen LogP contribution in [0, 0.1) is 6.92 Å². The summed E-state index contributed by atoms with van der Waals surface area (Å²) in [7, 11) is 0. The van der Waals surface area contributed by atoms with Crippen LogP contribution >= 0.6 is 24.0 Å². The molecule has 0 fully saturated rings. The largest absolute Gasteiger partial charge is 0.349 e. The lowest BCUT2D eigenvalue weighted by Gasteiger charge is -2.12. The van der Waals surface area contributed by atoms with Gasteiger partial charge in [-0.1, -0.05) is 54.1 Å². The van der Waals surface area contributed by atoms with Gasteiger partial charge >= 0.3 is 0 Å². The second-order valence-corrected chi connectivity index (χ2v) is 6.54. The zero-order valence-corrected chi connectivity index (χ0v) is 18.4. The van der Waals surface area contributed by atoms with E-state index in [0.29, 0.717) is 19.0 Å². The number of para-hydroxylation sites is 1. The van der Waals surface area contributed by atoms with Crippen molar-refractivity contribution >= 4 is 41.3 Å². The van der Waals surface area contributed by atoms with Gasteiger partial charge in [0, 0.05) is 11.9 Å². The number of halogens is 1. The van der Waals surface area contributed by atoms with Crippen molar-refractivity contribution in [1.82, 2.24) is 19.9 Å². The number of benzene rings is 2. The van der Waals surface area contributed by atoms with Gasteiger partial charge in [-0.25, -0.2) is 4.99 Å². The quantitative estimate of drug-likeness (QED) is 0.243. The molecule has 0 unspecified atom stereocenters. The average Bonchev–Trinajstić information content (AvgIpc) is 3.15. The van der Waals surface area contributed by atoms with E-state index in [1.54, 1.807) is 0 Å². The van der Waals surface area contributed by atoms with E-state index in [-0.39, 0.29) is 24.0 Å². The number of nitrogens with zero attached hydrogens (tertiary/aromatic N) is 4. The van der Waals surface area contributed by atoms with Gasteiger partial charge in [-0.05, 0) is 36.8 Å². The number of guanidine groups is 1. The molecule has 0 aliphatic rings. The van der Waals surface area contributed by atoms with Crippen molar-refractivity contribution in [3.63, 3.8) is 0 Å². The minimum Gasteiger partial charge on any atom is -0.349 e. The predicted octanol–water partition coefficient (Wildman–Crippen LogP) is 4.41. The third-order valence-corrected chi connectivity index (χ3v) is 4.38. The number of pyridine rings is 1. The van der Waals surface area contributed by atoms with Crippen LogP contribution in [-0.2, 0) is 13.1 Å². The Labute approximate surface area is 187 Å². The van der Waals surface area contributed by atoms with E-state index in [1.165, 1.54) is 5.56 Å². The number of fused-ring (bicyclic) bond motifs is 1. The third kappa shape index (κ3) is 5.54. The lowest BCUT2D eigenvalue weighted by molar-refractivity contribution is 0.801. The lowest BCUT2D eigenvalue weighted by Crippen LogP contribution is -2.31. The first-order chi connectivity index (χ1) is 13.8.